The molecule has 0 aliphatic rings. The van der Waals surface area contributed by atoms with Crippen LogP contribution in [0.5, 0.6) is 0 Å². The van der Waals surface area contributed by atoms with Gasteiger partial charge in [-0.2, -0.15) is 5.10 Å². The minimum Gasteiger partial charge on any atom is -0.359 e. The second-order valence-corrected chi connectivity index (χ2v) is 6.48. The summed E-state index contributed by atoms with van der Waals surface area (Å²) >= 11 is 0. The Kier molecular flexibility index (Phi) is 11.1. The van der Waals surface area contributed by atoms with E-state index in [0.717, 1.165) is 56.2 Å². The molecule has 0 bridgehead atoms. The molecule has 27 heavy (non-hydrogen) atoms. The molecular formula is C19H33IN6O. The highest BCUT2D eigenvalue weighted by molar-refractivity contribution is 14.0. The van der Waals surface area contributed by atoms with Gasteiger partial charge in [-0.15, -0.1) is 24.0 Å². The maximum absolute atomic E-state index is 5.44. The highest BCUT2D eigenvalue weighted by atomic mass is 127. The van der Waals surface area contributed by atoms with Crippen LogP contribution in [0.2, 0.25) is 0 Å². The van der Waals surface area contributed by atoms with E-state index in [1.807, 2.05) is 24.0 Å². The summed E-state index contributed by atoms with van der Waals surface area (Å²) in [5.74, 6) is 2.08. The molecule has 0 aliphatic heterocycles. The zero-order valence-corrected chi connectivity index (χ0v) is 19.2. The van der Waals surface area contributed by atoms with E-state index in [9.17, 15) is 0 Å². The van der Waals surface area contributed by atoms with Crippen molar-refractivity contribution in [2.24, 2.45) is 12.0 Å². The summed E-state index contributed by atoms with van der Waals surface area (Å²) in [6, 6.07) is 2.03. The number of rotatable bonds is 10. The number of aryl methyl sites for hydroxylation is 2. The fraction of sp³-hybridized carbons (Fsp3) is 0.632. The van der Waals surface area contributed by atoms with E-state index in [1.165, 1.54) is 5.56 Å². The molecular weight excluding hydrogens is 455 g/mol. The monoisotopic (exact) mass is 488 g/mol. The number of halogens is 1. The van der Waals surface area contributed by atoms with Crippen LogP contribution in [0, 0.1) is 0 Å². The van der Waals surface area contributed by atoms with Crippen molar-refractivity contribution < 1.29 is 4.52 Å². The molecule has 0 saturated carbocycles. The number of aromatic nitrogens is 3. The molecule has 0 unspecified atom stereocenters. The fourth-order valence-corrected chi connectivity index (χ4v) is 2.90. The second-order valence-electron chi connectivity index (χ2n) is 6.48. The van der Waals surface area contributed by atoms with Gasteiger partial charge in [0.15, 0.2) is 11.7 Å². The maximum atomic E-state index is 5.44. The summed E-state index contributed by atoms with van der Waals surface area (Å²) in [4.78, 5) is 4.60. The van der Waals surface area contributed by atoms with E-state index >= 15 is 0 Å². The Morgan fingerprint density at radius 2 is 2.04 bits per heavy atom. The smallest absolute Gasteiger partial charge is 0.191 e. The Balaban J connectivity index is 0.00000364. The lowest BCUT2D eigenvalue weighted by Crippen LogP contribution is -2.37. The van der Waals surface area contributed by atoms with Gasteiger partial charge < -0.3 is 15.2 Å². The number of aliphatic imine (C=N–C) groups is 1. The molecule has 0 saturated heterocycles. The summed E-state index contributed by atoms with van der Waals surface area (Å²) in [7, 11) is 1.94. The van der Waals surface area contributed by atoms with E-state index in [4.69, 9.17) is 4.52 Å². The van der Waals surface area contributed by atoms with Gasteiger partial charge in [0.2, 0.25) is 0 Å². The fourth-order valence-electron chi connectivity index (χ4n) is 2.90. The predicted octanol–water partition coefficient (Wildman–Crippen LogP) is 3.62. The summed E-state index contributed by atoms with van der Waals surface area (Å²) in [6.07, 6.45) is 8.15. The lowest BCUT2D eigenvalue weighted by molar-refractivity contribution is 0.372. The van der Waals surface area contributed by atoms with Crippen LogP contribution in [-0.2, 0) is 20.0 Å². The zero-order valence-electron chi connectivity index (χ0n) is 16.9. The van der Waals surface area contributed by atoms with E-state index in [-0.39, 0.29) is 24.0 Å². The Morgan fingerprint density at radius 3 is 2.67 bits per heavy atom. The zero-order chi connectivity index (χ0) is 18.8. The van der Waals surface area contributed by atoms with Gasteiger partial charge in [0.05, 0.1) is 11.9 Å². The molecule has 0 spiro atoms. The van der Waals surface area contributed by atoms with Crippen LogP contribution in [0.15, 0.2) is 28.0 Å². The number of hydrogen-bond acceptors (Lipinski definition) is 4. The third-order valence-electron chi connectivity index (χ3n) is 4.41. The van der Waals surface area contributed by atoms with Crippen LogP contribution in [0.4, 0.5) is 0 Å². The first kappa shape index (κ1) is 23.5. The third-order valence-corrected chi connectivity index (χ3v) is 4.41. The van der Waals surface area contributed by atoms with Gasteiger partial charge in [-0.1, -0.05) is 19.0 Å². The van der Waals surface area contributed by atoms with Crippen LogP contribution < -0.4 is 10.6 Å². The van der Waals surface area contributed by atoms with Crippen molar-refractivity contribution in [2.45, 2.75) is 58.9 Å². The standard InChI is InChI=1S/C19H32N6O.HI/c1-5-16(6-2)18-11-17(26-24-18)13-22-19(20-7-3)21-10-8-9-15-12-23-25(4)14-15;/h11-12,14,16H,5-10,13H2,1-4H3,(H2,20,21,22);1H. The molecule has 8 heteroatoms. The van der Waals surface area contributed by atoms with Crippen molar-refractivity contribution in [3.63, 3.8) is 0 Å². The van der Waals surface area contributed by atoms with Gasteiger partial charge in [0, 0.05) is 38.3 Å². The van der Waals surface area contributed by atoms with Crippen LogP contribution in [-0.4, -0.2) is 34.0 Å². The highest BCUT2D eigenvalue weighted by Crippen LogP contribution is 2.22. The molecule has 0 aliphatic carbocycles. The quantitative estimate of drug-likeness (QED) is 0.231. The number of nitrogens with one attached hydrogen (secondary N) is 2. The molecule has 0 aromatic carbocycles. The Labute approximate surface area is 179 Å². The first-order chi connectivity index (χ1) is 12.7. The van der Waals surface area contributed by atoms with E-state index in [2.05, 4.69) is 52.8 Å². The lowest BCUT2D eigenvalue weighted by Gasteiger charge is -2.10. The van der Waals surface area contributed by atoms with Crippen LogP contribution in [0.3, 0.4) is 0 Å². The van der Waals surface area contributed by atoms with Gasteiger partial charge in [-0.25, -0.2) is 4.99 Å². The van der Waals surface area contributed by atoms with Gasteiger partial charge in [-0.05, 0) is 38.2 Å². The van der Waals surface area contributed by atoms with Crippen molar-refractivity contribution in [1.29, 1.82) is 0 Å². The van der Waals surface area contributed by atoms with Crippen molar-refractivity contribution in [3.8, 4) is 0 Å². The Morgan fingerprint density at radius 1 is 1.26 bits per heavy atom. The third kappa shape index (κ3) is 7.90. The van der Waals surface area contributed by atoms with Gasteiger partial charge >= 0.3 is 0 Å². The maximum Gasteiger partial charge on any atom is 0.191 e. The first-order valence-electron chi connectivity index (χ1n) is 9.61. The minimum absolute atomic E-state index is 0. The molecule has 0 atom stereocenters. The number of nitrogens with zero attached hydrogens (tertiary/aromatic N) is 4. The normalized spacial score (nSPS) is 11.5. The second kappa shape index (κ2) is 12.7. The molecule has 0 fully saturated rings. The van der Waals surface area contributed by atoms with Crippen molar-refractivity contribution in [3.05, 3.63) is 35.5 Å². The van der Waals surface area contributed by atoms with E-state index in [1.54, 1.807) is 0 Å². The average molecular weight is 488 g/mol. The van der Waals surface area contributed by atoms with Crippen LogP contribution >= 0.6 is 24.0 Å². The predicted molar refractivity (Wildman–Crippen MR) is 120 cm³/mol. The van der Waals surface area contributed by atoms with Gasteiger partial charge in [0.1, 0.15) is 6.54 Å². The molecule has 152 valence electrons. The molecule has 0 amide bonds. The number of hydrogen-bond donors (Lipinski definition) is 2. The molecule has 2 heterocycles. The van der Waals surface area contributed by atoms with Gasteiger partial charge in [-0.3, -0.25) is 4.68 Å². The average Bonchev–Trinajstić information content (AvgIpc) is 3.27. The molecule has 2 aromatic heterocycles. The van der Waals surface area contributed by atoms with E-state index in [0.29, 0.717) is 12.5 Å². The first-order valence-corrected chi connectivity index (χ1v) is 9.61. The van der Waals surface area contributed by atoms with Crippen LogP contribution in [0.1, 0.15) is 63.0 Å². The van der Waals surface area contributed by atoms with Crippen molar-refractivity contribution in [1.82, 2.24) is 25.6 Å². The number of guanidine groups is 1. The summed E-state index contributed by atoms with van der Waals surface area (Å²) in [5.41, 5.74) is 2.29. The molecule has 0 radical (unpaired) electrons. The molecule has 2 rings (SSSR count). The summed E-state index contributed by atoms with van der Waals surface area (Å²) < 4.78 is 7.28. The Bertz CT molecular complexity index is 677. The SMILES string of the molecule is CCNC(=NCc1cc(C(CC)CC)no1)NCCCc1cnn(C)c1.I. The highest BCUT2D eigenvalue weighted by Gasteiger charge is 2.12. The Hall–Kier alpha value is -1.58. The summed E-state index contributed by atoms with van der Waals surface area (Å²) in [5, 5.41) is 15.0. The topological polar surface area (TPSA) is 80.3 Å². The molecule has 2 N–H and O–H groups in total. The van der Waals surface area contributed by atoms with Crippen molar-refractivity contribution >= 4 is 29.9 Å². The molecule has 2 aromatic rings. The molecule has 7 nitrogen and oxygen atoms in total. The van der Waals surface area contributed by atoms with Crippen molar-refractivity contribution in [2.75, 3.05) is 13.1 Å². The van der Waals surface area contributed by atoms with E-state index < -0.39 is 0 Å². The van der Waals surface area contributed by atoms with Crippen LogP contribution in [0.25, 0.3) is 0 Å². The minimum atomic E-state index is 0. The summed E-state index contributed by atoms with van der Waals surface area (Å²) in [6.45, 7) is 8.59. The largest absolute Gasteiger partial charge is 0.359 e. The van der Waals surface area contributed by atoms with Gasteiger partial charge in [0.25, 0.3) is 0 Å². The lowest BCUT2D eigenvalue weighted by atomic mass is 9.99.